The summed E-state index contributed by atoms with van der Waals surface area (Å²) in [6.45, 7) is 4.32. The normalized spacial score (nSPS) is 29.4. The molecule has 4 nitrogen and oxygen atoms in total. The topological polar surface area (TPSA) is 71.4 Å². The summed E-state index contributed by atoms with van der Waals surface area (Å²) in [4.78, 5) is 11.5. The van der Waals surface area contributed by atoms with Gasteiger partial charge in [0.15, 0.2) is 0 Å². The number of hydrogen-bond donors (Lipinski definition) is 1. The Morgan fingerprint density at radius 1 is 1.33 bits per heavy atom. The van der Waals surface area contributed by atoms with Crippen LogP contribution < -0.4 is 0 Å². The first-order valence-corrected chi connectivity index (χ1v) is 8.63. The molecule has 0 aliphatic heterocycles. The van der Waals surface area contributed by atoms with Gasteiger partial charge < -0.3 is 5.11 Å². The first kappa shape index (κ1) is 15.5. The molecule has 0 unspecified atom stereocenters. The van der Waals surface area contributed by atoms with Crippen molar-refractivity contribution in [3.8, 4) is 0 Å². The van der Waals surface area contributed by atoms with Crippen molar-refractivity contribution in [2.75, 3.05) is 12.0 Å². The van der Waals surface area contributed by atoms with Gasteiger partial charge in [-0.2, -0.15) is 0 Å². The van der Waals surface area contributed by atoms with Crippen molar-refractivity contribution in [1.29, 1.82) is 0 Å². The van der Waals surface area contributed by atoms with E-state index in [1.54, 1.807) is 0 Å². The van der Waals surface area contributed by atoms with Crippen LogP contribution in [0.25, 0.3) is 0 Å². The van der Waals surface area contributed by atoms with Crippen LogP contribution in [0, 0.1) is 17.3 Å². The summed E-state index contributed by atoms with van der Waals surface area (Å²) < 4.78 is 22.4. The van der Waals surface area contributed by atoms with Gasteiger partial charge in [-0.25, -0.2) is 8.42 Å². The van der Waals surface area contributed by atoms with E-state index in [4.69, 9.17) is 0 Å². The molecule has 18 heavy (non-hydrogen) atoms. The average Bonchev–Trinajstić information content (AvgIpc) is 2.25. The molecule has 0 amide bonds. The summed E-state index contributed by atoms with van der Waals surface area (Å²) in [5.74, 6) is 0.307. The molecule has 0 atom stereocenters. The van der Waals surface area contributed by atoms with Gasteiger partial charge in [0.25, 0.3) is 0 Å². The molecule has 1 aliphatic rings. The molecule has 0 aromatic carbocycles. The van der Waals surface area contributed by atoms with Crippen LogP contribution in [0.1, 0.15) is 46.0 Å². The Morgan fingerprint density at radius 2 is 1.83 bits per heavy atom. The zero-order chi connectivity index (χ0) is 14.0. The Balaban J connectivity index is 2.70. The highest BCUT2D eigenvalue weighted by atomic mass is 32.2. The van der Waals surface area contributed by atoms with E-state index in [-0.39, 0.29) is 12.2 Å². The Hall–Kier alpha value is -0.580. The van der Waals surface area contributed by atoms with E-state index in [1.807, 2.05) is 0 Å². The molecule has 106 valence electrons. The molecule has 1 aliphatic carbocycles. The second-order valence-corrected chi connectivity index (χ2v) is 8.31. The van der Waals surface area contributed by atoms with Crippen LogP contribution in [0.5, 0.6) is 0 Å². The molecule has 1 rings (SSSR count). The molecular weight excluding hydrogens is 252 g/mol. The molecule has 0 saturated heterocycles. The smallest absolute Gasteiger partial charge is 0.309 e. The van der Waals surface area contributed by atoms with Crippen LogP contribution in [0.3, 0.4) is 0 Å². The third-order valence-corrected chi connectivity index (χ3v) is 5.28. The third-order valence-electron chi connectivity index (χ3n) is 4.34. The lowest BCUT2D eigenvalue weighted by Gasteiger charge is -2.38. The van der Waals surface area contributed by atoms with Crippen LogP contribution in [0.2, 0.25) is 0 Å². The number of carboxylic acid groups (broad SMARTS) is 1. The summed E-state index contributed by atoms with van der Waals surface area (Å²) in [7, 11) is -3.09. The van der Waals surface area contributed by atoms with Crippen LogP contribution in [-0.2, 0) is 14.6 Å². The number of carboxylic acids is 1. The second-order valence-electron chi connectivity index (χ2n) is 6.05. The molecule has 1 saturated carbocycles. The Labute approximate surface area is 110 Å². The minimum Gasteiger partial charge on any atom is -0.481 e. The van der Waals surface area contributed by atoms with Gasteiger partial charge in [-0.3, -0.25) is 4.79 Å². The fourth-order valence-corrected chi connectivity index (χ4v) is 3.57. The lowest BCUT2D eigenvalue weighted by Crippen LogP contribution is -2.37. The maximum absolute atomic E-state index is 11.5. The number of sulfone groups is 1. The predicted molar refractivity (Wildman–Crippen MR) is 71.2 cm³/mol. The minimum atomic E-state index is -3.09. The van der Waals surface area contributed by atoms with Crippen molar-refractivity contribution in [1.82, 2.24) is 0 Å². The third kappa shape index (κ3) is 3.97. The molecule has 0 aromatic heterocycles. The highest BCUT2D eigenvalue weighted by molar-refractivity contribution is 7.90. The second kappa shape index (κ2) is 5.59. The van der Waals surface area contributed by atoms with E-state index in [1.165, 1.54) is 6.26 Å². The number of rotatable bonds is 5. The fourth-order valence-electron chi connectivity index (χ4n) is 2.81. The Morgan fingerprint density at radius 3 is 2.17 bits per heavy atom. The number of carbonyl (C=O) groups is 1. The van der Waals surface area contributed by atoms with Crippen LogP contribution >= 0.6 is 0 Å². The van der Waals surface area contributed by atoms with Gasteiger partial charge in [0, 0.05) is 6.26 Å². The first-order chi connectivity index (χ1) is 8.16. The lowest BCUT2D eigenvalue weighted by molar-refractivity contribution is -0.152. The molecule has 1 fully saturated rings. The molecule has 0 bridgehead atoms. The van der Waals surface area contributed by atoms with E-state index in [0.29, 0.717) is 24.7 Å². The van der Waals surface area contributed by atoms with E-state index in [9.17, 15) is 18.3 Å². The Kier molecular flexibility index (Phi) is 4.81. The summed E-state index contributed by atoms with van der Waals surface area (Å²) in [6, 6.07) is 0. The monoisotopic (exact) mass is 276 g/mol. The van der Waals surface area contributed by atoms with Crippen molar-refractivity contribution in [2.45, 2.75) is 46.0 Å². The fraction of sp³-hybridized carbons (Fsp3) is 0.923. The van der Waals surface area contributed by atoms with Crippen LogP contribution in [0.15, 0.2) is 0 Å². The Bertz CT molecular complexity index is 389. The molecule has 0 radical (unpaired) electrons. The minimum absolute atomic E-state index is 0.0222. The molecule has 0 spiro atoms. The van der Waals surface area contributed by atoms with Crippen molar-refractivity contribution < 1.29 is 18.3 Å². The van der Waals surface area contributed by atoms with Crippen molar-refractivity contribution in [2.24, 2.45) is 17.3 Å². The van der Waals surface area contributed by atoms with Gasteiger partial charge in [0.2, 0.25) is 0 Å². The molecule has 1 N–H and O–H groups in total. The average molecular weight is 276 g/mol. The van der Waals surface area contributed by atoms with Crippen LogP contribution in [-0.4, -0.2) is 31.5 Å². The maximum Gasteiger partial charge on any atom is 0.309 e. The summed E-state index contributed by atoms with van der Waals surface area (Å²) in [5, 5.41) is 9.42. The first-order valence-electron chi connectivity index (χ1n) is 6.57. The molecule has 0 aromatic rings. The number of hydrogen-bond acceptors (Lipinski definition) is 3. The SMILES string of the molecule is CC(C)C1CCC(CCS(C)(=O)=O)(C(=O)O)CC1. The van der Waals surface area contributed by atoms with Gasteiger partial charge in [-0.15, -0.1) is 0 Å². The largest absolute Gasteiger partial charge is 0.481 e. The predicted octanol–water partition coefficient (Wildman–Crippen LogP) is 2.34. The van der Waals surface area contributed by atoms with E-state index < -0.39 is 21.2 Å². The summed E-state index contributed by atoms with van der Waals surface area (Å²) in [6.07, 6.45) is 4.44. The standard InChI is InChI=1S/C13H24O4S/c1-10(2)11-4-6-13(7-5-11,12(14)15)8-9-18(3,16)17/h10-11H,4-9H2,1-3H3,(H,14,15). The quantitative estimate of drug-likeness (QED) is 0.836. The van der Waals surface area contributed by atoms with E-state index >= 15 is 0 Å². The highest BCUT2D eigenvalue weighted by Crippen LogP contribution is 2.44. The van der Waals surface area contributed by atoms with E-state index in [0.717, 1.165) is 12.8 Å². The summed E-state index contributed by atoms with van der Waals surface area (Å²) >= 11 is 0. The highest BCUT2D eigenvalue weighted by Gasteiger charge is 2.42. The van der Waals surface area contributed by atoms with Gasteiger partial charge in [0.05, 0.1) is 11.2 Å². The number of aliphatic carboxylic acids is 1. The summed E-state index contributed by atoms with van der Waals surface area (Å²) in [5.41, 5.74) is -0.811. The van der Waals surface area contributed by atoms with Gasteiger partial charge in [-0.1, -0.05) is 13.8 Å². The molecule has 0 heterocycles. The zero-order valence-corrected chi connectivity index (χ0v) is 12.3. The van der Waals surface area contributed by atoms with Gasteiger partial charge in [-0.05, 0) is 43.9 Å². The molecular formula is C13H24O4S. The van der Waals surface area contributed by atoms with Crippen molar-refractivity contribution in [3.63, 3.8) is 0 Å². The lowest BCUT2D eigenvalue weighted by atomic mass is 9.67. The van der Waals surface area contributed by atoms with Crippen LogP contribution in [0.4, 0.5) is 0 Å². The van der Waals surface area contributed by atoms with Gasteiger partial charge >= 0.3 is 5.97 Å². The maximum atomic E-state index is 11.5. The van der Waals surface area contributed by atoms with E-state index in [2.05, 4.69) is 13.8 Å². The molecule has 5 heteroatoms. The van der Waals surface area contributed by atoms with Crippen molar-refractivity contribution >= 4 is 15.8 Å². The van der Waals surface area contributed by atoms with Gasteiger partial charge in [0.1, 0.15) is 9.84 Å². The van der Waals surface area contributed by atoms with Crippen molar-refractivity contribution in [3.05, 3.63) is 0 Å². The zero-order valence-electron chi connectivity index (χ0n) is 11.5.